The van der Waals surface area contributed by atoms with E-state index in [0.29, 0.717) is 6.54 Å². The van der Waals surface area contributed by atoms with Crippen molar-refractivity contribution in [2.24, 2.45) is 12.8 Å². The summed E-state index contributed by atoms with van der Waals surface area (Å²) in [5.41, 5.74) is 10.8. The Morgan fingerprint density at radius 3 is 2.95 bits per heavy atom. The van der Waals surface area contributed by atoms with Gasteiger partial charge in [0, 0.05) is 26.0 Å². The minimum atomic E-state index is 0.476. The van der Waals surface area contributed by atoms with Crippen LogP contribution in [0.4, 0.5) is 0 Å². The van der Waals surface area contributed by atoms with Crippen molar-refractivity contribution < 1.29 is 0 Å². The fourth-order valence-electron chi connectivity index (χ4n) is 2.68. The zero-order valence-electron chi connectivity index (χ0n) is 11.6. The van der Waals surface area contributed by atoms with Crippen molar-refractivity contribution >= 4 is 16.6 Å². The predicted octanol–water partition coefficient (Wildman–Crippen LogP) is 1.74. The fourth-order valence-corrected chi connectivity index (χ4v) is 2.68. The fraction of sp³-hybridized carbons (Fsp3) is 0.133. The number of aromatic nitrogens is 5. The number of imidazole rings is 1. The molecule has 0 bridgehead atoms. The van der Waals surface area contributed by atoms with Crippen LogP contribution in [0.1, 0.15) is 5.56 Å². The van der Waals surface area contributed by atoms with Crippen LogP contribution in [0, 0.1) is 0 Å². The van der Waals surface area contributed by atoms with E-state index in [2.05, 4.69) is 20.7 Å². The van der Waals surface area contributed by atoms with Crippen molar-refractivity contribution in [1.82, 2.24) is 24.1 Å². The molecule has 104 valence electrons. The minimum Gasteiger partial charge on any atom is -0.327 e. The molecule has 6 nitrogen and oxygen atoms in total. The zero-order chi connectivity index (χ0) is 14.4. The SMILES string of the molecule is Cn1c(-c2cnn3ccncc23)nc2c(CN)cccc21. The normalized spacial score (nSPS) is 11.5. The van der Waals surface area contributed by atoms with Crippen molar-refractivity contribution in [3.63, 3.8) is 0 Å². The van der Waals surface area contributed by atoms with Gasteiger partial charge in [0.15, 0.2) is 0 Å². The molecule has 0 atom stereocenters. The van der Waals surface area contributed by atoms with Gasteiger partial charge >= 0.3 is 0 Å². The third-order valence-corrected chi connectivity index (χ3v) is 3.78. The van der Waals surface area contributed by atoms with Crippen molar-refractivity contribution in [2.75, 3.05) is 0 Å². The third kappa shape index (κ3) is 1.66. The van der Waals surface area contributed by atoms with Gasteiger partial charge in [-0.3, -0.25) is 4.98 Å². The van der Waals surface area contributed by atoms with Crippen LogP contribution in [0.25, 0.3) is 27.9 Å². The Bertz CT molecular complexity index is 949. The first-order valence-corrected chi connectivity index (χ1v) is 6.71. The smallest absolute Gasteiger partial charge is 0.144 e. The van der Waals surface area contributed by atoms with E-state index < -0.39 is 0 Å². The summed E-state index contributed by atoms with van der Waals surface area (Å²) in [6, 6.07) is 6.07. The van der Waals surface area contributed by atoms with E-state index in [-0.39, 0.29) is 0 Å². The summed E-state index contributed by atoms with van der Waals surface area (Å²) in [6.45, 7) is 0.476. The number of hydrogen-bond acceptors (Lipinski definition) is 4. The second-order valence-electron chi connectivity index (χ2n) is 4.95. The Kier molecular flexibility index (Phi) is 2.52. The van der Waals surface area contributed by atoms with Crippen LogP contribution >= 0.6 is 0 Å². The van der Waals surface area contributed by atoms with E-state index >= 15 is 0 Å². The number of hydrogen-bond donors (Lipinski definition) is 1. The highest BCUT2D eigenvalue weighted by Gasteiger charge is 2.15. The minimum absolute atomic E-state index is 0.476. The summed E-state index contributed by atoms with van der Waals surface area (Å²) in [5, 5.41) is 4.35. The van der Waals surface area contributed by atoms with E-state index in [1.807, 2.05) is 31.6 Å². The average molecular weight is 278 g/mol. The molecule has 0 spiro atoms. The number of aryl methyl sites for hydroxylation is 1. The van der Waals surface area contributed by atoms with Gasteiger partial charge in [0.05, 0.1) is 34.5 Å². The Hall–Kier alpha value is -2.73. The van der Waals surface area contributed by atoms with E-state index in [0.717, 1.165) is 33.5 Å². The number of fused-ring (bicyclic) bond motifs is 2. The Balaban J connectivity index is 2.05. The maximum absolute atomic E-state index is 5.81. The van der Waals surface area contributed by atoms with Crippen LogP contribution in [-0.2, 0) is 13.6 Å². The standard InChI is InChI=1S/C15H14N6/c1-20-12-4-2-3-10(7-16)14(12)19-15(20)11-8-18-21-6-5-17-9-13(11)21/h2-6,8-9H,7,16H2,1H3. The maximum atomic E-state index is 5.81. The highest BCUT2D eigenvalue weighted by molar-refractivity contribution is 5.86. The molecule has 0 aliphatic carbocycles. The van der Waals surface area contributed by atoms with Gasteiger partial charge in [0.1, 0.15) is 5.82 Å². The summed E-state index contributed by atoms with van der Waals surface area (Å²) in [7, 11) is 2.00. The summed E-state index contributed by atoms with van der Waals surface area (Å²) in [4.78, 5) is 8.95. The lowest BCUT2D eigenvalue weighted by atomic mass is 10.2. The molecule has 0 saturated heterocycles. The zero-order valence-corrected chi connectivity index (χ0v) is 11.6. The molecule has 2 N–H and O–H groups in total. The first-order valence-electron chi connectivity index (χ1n) is 6.71. The van der Waals surface area contributed by atoms with Gasteiger partial charge in [0.25, 0.3) is 0 Å². The largest absolute Gasteiger partial charge is 0.327 e. The molecule has 0 saturated carbocycles. The molecule has 0 amide bonds. The molecule has 3 heterocycles. The van der Waals surface area contributed by atoms with Crippen molar-refractivity contribution in [1.29, 1.82) is 0 Å². The van der Waals surface area contributed by atoms with Gasteiger partial charge in [0.2, 0.25) is 0 Å². The lowest BCUT2D eigenvalue weighted by Gasteiger charge is -2.00. The molecule has 0 radical (unpaired) electrons. The van der Waals surface area contributed by atoms with Crippen LogP contribution in [-0.4, -0.2) is 24.1 Å². The quantitative estimate of drug-likeness (QED) is 0.606. The molecule has 0 aliphatic heterocycles. The number of nitrogens with two attached hydrogens (primary N) is 1. The number of nitrogens with zero attached hydrogens (tertiary/aromatic N) is 5. The molecule has 3 aromatic heterocycles. The van der Waals surface area contributed by atoms with Crippen LogP contribution in [0.2, 0.25) is 0 Å². The second kappa shape index (κ2) is 4.39. The average Bonchev–Trinajstić information content (AvgIpc) is 3.09. The van der Waals surface area contributed by atoms with Crippen molar-refractivity contribution in [2.45, 2.75) is 6.54 Å². The van der Waals surface area contributed by atoms with Gasteiger partial charge in [-0.2, -0.15) is 5.10 Å². The summed E-state index contributed by atoms with van der Waals surface area (Å²) >= 11 is 0. The number of benzene rings is 1. The lowest BCUT2D eigenvalue weighted by molar-refractivity contribution is 0.946. The van der Waals surface area contributed by atoms with Gasteiger partial charge in [-0.1, -0.05) is 12.1 Å². The molecule has 0 unspecified atom stereocenters. The predicted molar refractivity (Wildman–Crippen MR) is 80.6 cm³/mol. The van der Waals surface area contributed by atoms with Gasteiger partial charge in [-0.15, -0.1) is 0 Å². The maximum Gasteiger partial charge on any atom is 0.144 e. The monoisotopic (exact) mass is 278 g/mol. The van der Waals surface area contributed by atoms with Gasteiger partial charge in [-0.25, -0.2) is 9.50 Å². The summed E-state index contributed by atoms with van der Waals surface area (Å²) < 4.78 is 3.87. The second-order valence-corrected chi connectivity index (χ2v) is 4.95. The first kappa shape index (κ1) is 12.0. The van der Waals surface area contributed by atoms with Crippen LogP contribution < -0.4 is 5.73 Å². The molecule has 4 aromatic rings. The molecule has 4 rings (SSSR count). The van der Waals surface area contributed by atoms with Crippen LogP contribution in [0.3, 0.4) is 0 Å². The summed E-state index contributed by atoms with van der Waals surface area (Å²) in [6.07, 6.45) is 7.16. The van der Waals surface area contributed by atoms with Crippen LogP contribution in [0.5, 0.6) is 0 Å². The first-order chi connectivity index (χ1) is 10.3. The molecule has 21 heavy (non-hydrogen) atoms. The molecular formula is C15H14N6. The molecule has 0 aliphatic rings. The highest BCUT2D eigenvalue weighted by atomic mass is 15.2. The molecule has 0 fully saturated rings. The Labute approximate surface area is 120 Å². The van der Waals surface area contributed by atoms with Gasteiger partial charge in [-0.05, 0) is 11.6 Å². The topological polar surface area (TPSA) is 74.0 Å². The third-order valence-electron chi connectivity index (χ3n) is 3.78. The number of rotatable bonds is 2. The van der Waals surface area contributed by atoms with E-state index in [9.17, 15) is 0 Å². The molecule has 6 heteroatoms. The lowest BCUT2D eigenvalue weighted by Crippen LogP contribution is -1.97. The molecular weight excluding hydrogens is 264 g/mol. The van der Waals surface area contributed by atoms with Crippen molar-refractivity contribution in [3.05, 3.63) is 48.5 Å². The van der Waals surface area contributed by atoms with Gasteiger partial charge < -0.3 is 10.3 Å². The Morgan fingerprint density at radius 1 is 1.19 bits per heavy atom. The number of para-hydroxylation sites is 1. The van der Waals surface area contributed by atoms with Crippen LogP contribution in [0.15, 0.2) is 43.0 Å². The highest BCUT2D eigenvalue weighted by Crippen LogP contribution is 2.28. The Morgan fingerprint density at radius 2 is 2.10 bits per heavy atom. The molecule has 1 aromatic carbocycles. The van der Waals surface area contributed by atoms with E-state index in [4.69, 9.17) is 10.7 Å². The summed E-state index contributed by atoms with van der Waals surface area (Å²) in [5.74, 6) is 0.869. The van der Waals surface area contributed by atoms with E-state index in [1.54, 1.807) is 16.9 Å². The van der Waals surface area contributed by atoms with Crippen molar-refractivity contribution in [3.8, 4) is 11.4 Å². The van der Waals surface area contributed by atoms with E-state index in [1.165, 1.54) is 0 Å².